The molecule has 0 aliphatic heterocycles. The molecule has 0 rings (SSSR count). The summed E-state index contributed by atoms with van der Waals surface area (Å²) in [5.41, 5.74) is 0. The maximum atomic E-state index is 10.9. The van der Waals surface area contributed by atoms with Gasteiger partial charge in [0.1, 0.15) is 6.10 Å². The Bertz CT molecular complexity index is 87.1. The first-order valence-corrected chi connectivity index (χ1v) is 4.02. The van der Waals surface area contributed by atoms with Gasteiger partial charge in [-0.15, -0.1) is 0 Å². The summed E-state index contributed by atoms with van der Waals surface area (Å²) in [6.07, 6.45) is -0.171. The first kappa shape index (κ1) is 11.8. The van der Waals surface area contributed by atoms with Crippen LogP contribution in [-0.2, 0) is 19.3 Å². The normalized spacial score (nSPS) is 13.2. The minimum atomic E-state index is -0.669. The van der Waals surface area contributed by atoms with Crippen molar-refractivity contribution >= 4 is 0 Å². The highest BCUT2D eigenvalue weighted by Crippen LogP contribution is 1.93. The molecule has 0 aromatic carbocycles. The van der Waals surface area contributed by atoms with E-state index < -0.39 is 6.10 Å². The fourth-order valence-corrected chi connectivity index (χ4v) is 0.728. The van der Waals surface area contributed by atoms with Gasteiger partial charge >= 0.3 is 0 Å². The second-order valence-electron chi connectivity index (χ2n) is 2.47. The fraction of sp³-hybridized carbons (Fsp3) is 1.00. The van der Waals surface area contributed by atoms with Crippen molar-refractivity contribution in [2.24, 2.45) is 0 Å². The molecule has 0 spiro atoms. The van der Waals surface area contributed by atoms with Crippen molar-refractivity contribution in [1.29, 1.82) is 0 Å². The van der Waals surface area contributed by atoms with Crippen LogP contribution in [0, 0.1) is 0 Å². The Kier molecular flexibility index (Phi) is 8.81. The SMILES string of the molecule is COCCOCCC([O])COC. The Morgan fingerprint density at radius 2 is 1.83 bits per heavy atom. The van der Waals surface area contributed by atoms with Gasteiger partial charge in [0.25, 0.3) is 0 Å². The van der Waals surface area contributed by atoms with Gasteiger partial charge in [0.15, 0.2) is 0 Å². The van der Waals surface area contributed by atoms with Crippen LogP contribution in [-0.4, -0.2) is 46.8 Å². The summed E-state index contributed by atoms with van der Waals surface area (Å²) in [5, 5.41) is 10.9. The van der Waals surface area contributed by atoms with Crippen LogP contribution < -0.4 is 0 Å². The van der Waals surface area contributed by atoms with Crippen LogP contribution in [0.3, 0.4) is 0 Å². The molecule has 0 aromatic rings. The van der Waals surface area contributed by atoms with Gasteiger partial charge in [-0.25, -0.2) is 5.11 Å². The van der Waals surface area contributed by atoms with Crippen molar-refractivity contribution in [1.82, 2.24) is 0 Å². The van der Waals surface area contributed by atoms with E-state index >= 15 is 0 Å². The fourth-order valence-electron chi connectivity index (χ4n) is 0.728. The van der Waals surface area contributed by atoms with Gasteiger partial charge in [0.2, 0.25) is 0 Å². The van der Waals surface area contributed by atoms with Gasteiger partial charge in [-0.3, -0.25) is 0 Å². The summed E-state index contributed by atoms with van der Waals surface area (Å²) in [6, 6.07) is 0. The van der Waals surface area contributed by atoms with Crippen LogP contribution in [0.1, 0.15) is 6.42 Å². The van der Waals surface area contributed by atoms with Gasteiger partial charge in [0.05, 0.1) is 19.8 Å². The lowest BCUT2D eigenvalue weighted by Crippen LogP contribution is -2.15. The van der Waals surface area contributed by atoms with E-state index in [9.17, 15) is 5.11 Å². The molecule has 4 nitrogen and oxygen atoms in total. The molecule has 0 aliphatic carbocycles. The molecule has 1 unspecified atom stereocenters. The van der Waals surface area contributed by atoms with E-state index in [4.69, 9.17) is 9.47 Å². The van der Waals surface area contributed by atoms with Gasteiger partial charge in [-0.2, -0.15) is 0 Å². The van der Waals surface area contributed by atoms with Crippen LogP contribution in [0.2, 0.25) is 0 Å². The van der Waals surface area contributed by atoms with Crippen molar-refractivity contribution in [3.8, 4) is 0 Å². The molecule has 0 aliphatic rings. The minimum absolute atomic E-state index is 0.258. The molecule has 12 heavy (non-hydrogen) atoms. The standard InChI is InChI=1S/C8H17O4/c1-10-5-6-12-4-3-8(9)7-11-2/h8H,3-7H2,1-2H3. The molecule has 0 saturated heterocycles. The first-order valence-electron chi connectivity index (χ1n) is 4.02. The van der Waals surface area contributed by atoms with Crippen LogP contribution in [0.15, 0.2) is 0 Å². The highest BCUT2D eigenvalue weighted by molar-refractivity contribution is 4.51. The third-order valence-corrected chi connectivity index (χ3v) is 1.37. The van der Waals surface area contributed by atoms with E-state index in [-0.39, 0.29) is 6.61 Å². The van der Waals surface area contributed by atoms with Gasteiger partial charge < -0.3 is 14.2 Å². The predicted octanol–water partition coefficient (Wildman–Crippen LogP) is 0.485. The molecular weight excluding hydrogens is 160 g/mol. The average molecular weight is 177 g/mol. The summed E-state index contributed by atoms with van der Waals surface area (Å²) >= 11 is 0. The van der Waals surface area contributed by atoms with E-state index in [0.29, 0.717) is 26.2 Å². The van der Waals surface area contributed by atoms with E-state index in [2.05, 4.69) is 4.74 Å². The second-order valence-corrected chi connectivity index (χ2v) is 2.47. The van der Waals surface area contributed by atoms with Crippen molar-refractivity contribution < 1.29 is 19.3 Å². The molecule has 0 bridgehead atoms. The molecule has 4 heteroatoms. The third-order valence-electron chi connectivity index (χ3n) is 1.37. The minimum Gasteiger partial charge on any atom is -0.382 e. The molecule has 1 radical (unpaired) electrons. The maximum Gasteiger partial charge on any atom is 0.118 e. The van der Waals surface area contributed by atoms with Crippen molar-refractivity contribution in [3.63, 3.8) is 0 Å². The highest BCUT2D eigenvalue weighted by Gasteiger charge is 2.04. The number of hydrogen-bond acceptors (Lipinski definition) is 3. The maximum absolute atomic E-state index is 10.9. The summed E-state index contributed by atoms with van der Waals surface area (Å²) < 4.78 is 14.6. The summed E-state index contributed by atoms with van der Waals surface area (Å²) in [6.45, 7) is 1.87. The molecule has 1 atom stereocenters. The quantitative estimate of drug-likeness (QED) is 0.507. The molecule has 0 saturated carbocycles. The predicted molar refractivity (Wildman–Crippen MR) is 43.7 cm³/mol. The Hall–Kier alpha value is -0.160. The lowest BCUT2D eigenvalue weighted by atomic mass is 10.3. The van der Waals surface area contributed by atoms with E-state index in [0.717, 1.165) is 0 Å². The van der Waals surface area contributed by atoms with Crippen LogP contribution in [0.4, 0.5) is 0 Å². The van der Waals surface area contributed by atoms with E-state index in [1.165, 1.54) is 7.11 Å². The average Bonchev–Trinajstić information content (AvgIpc) is 2.05. The molecule has 0 aromatic heterocycles. The summed E-state index contributed by atoms with van der Waals surface area (Å²) in [4.78, 5) is 0. The molecule has 73 valence electrons. The largest absolute Gasteiger partial charge is 0.382 e. The van der Waals surface area contributed by atoms with Gasteiger partial charge in [-0.1, -0.05) is 0 Å². The number of methoxy groups -OCH3 is 2. The smallest absolute Gasteiger partial charge is 0.118 e. The monoisotopic (exact) mass is 177 g/mol. The Labute approximate surface area is 73.4 Å². The van der Waals surface area contributed by atoms with Crippen molar-refractivity contribution in [3.05, 3.63) is 0 Å². The molecular formula is C8H17O4. The Balaban J connectivity index is 2.97. The molecule has 0 N–H and O–H groups in total. The van der Waals surface area contributed by atoms with E-state index in [1.54, 1.807) is 7.11 Å². The molecule has 0 amide bonds. The third kappa shape index (κ3) is 7.94. The molecule has 0 fully saturated rings. The highest BCUT2D eigenvalue weighted by atomic mass is 16.5. The topological polar surface area (TPSA) is 47.6 Å². The first-order chi connectivity index (χ1) is 5.81. The Morgan fingerprint density at radius 3 is 2.42 bits per heavy atom. The zero-order valence-corrected chi connectivity index (χ0v) is 7.75. The second kappa shape index (κ2) is 8.93. The summed E-state index contributed by atoms with van der Waals surface area (Å²) in [5.74, 6) is 0. The van der Waals surface area contributed by atoms with Crippen molar-refractivity contribution in [2.45, 2.75) is 12.5 Å². The lowest BCUT2D eigenvalue weighted by molar-refractivity contribution is -0.0135. The van der Waals surface area contributed by atoms with E-state index in [1.807, 2.05) is 0 Å². The van der Waals surface area contributed by atoms with Gasteiger partial charge in [-0.05, 0) is 0 Å². The van der Waals surface area contributed by atoms with Crippen molar-refractivity contribution in [2.75, 3.05) is 40.6 Å². The zero-order chi connectivity index (χ0) is 9.23. The van der Waals surface area contributed by atoms with Crippen LogP contribution in [0.5, 0.6) is 0 Å². The zero-order valence-electron chi connectivity index (χ0n) is 7.75. The Morgan fingerprint density at radius 1 is 1.08 bits per heavy atom. The van der Waals surface area contributed by atoms with Crippen LogP contribution in [0.25, 0.3) is 0 Å². The number of rotatable bonds is 8. The molecule has 0 heterocycles. The summed E-state index contributed by atoms with van der Waals surface area (Å²) in [7, 11) is 3.14. The van der Waals surface area contributed by atoms with Crippen LogP contribution >= 0.6 is 0 Å². The van der Waals surface area contributed by atoms with Gasteiger partial charge in [0, 0.05) is 27.2 Å². The number of hydrogen-bond donors (Lipinski definition) is 0. The lowest BCUT2D eigenvalue weighted by Gasteiger charge is -2.07. The number of ether oxygens (including phenoxy) is 3.